The molecule has 18 heavy (non-hydrogen) atoms. The largest absolute Gasteiger partial charge is 0.469 e. The lowest BCUT2D eigenvalue weighted by atomic mass is 9.76. The molecule has 3 heteroatoms. The monoisotopic (exact) mass is 250 g/mol. The van der Waals surface area contributed by atoms with Gasteiger partial charge in [0.2, 0.25) is 0 Å². The van der Waals surface area contributed by atoms with Crippen molar-refractivity contribution in [3.05, 3.63) is 24.2 Å². The van der Waals surface area contributed by atoms with E-state index in [1.165, 1.54) is 32.4 Å². The van der Waals surface area contributed by atoms with Crippen LogP contribution in [0.15, 0.2) is 22.8 Å². The van der Waals surface area contributed by atoms with Gasteiger partial charge in [0.25, 0.3) is 0 Å². The minimum Gasteiger partial charge on any atom is -0.469 e. The fourth-order valence-corrected chi connectivity index (χ4v) is 2.81. The second kappa shape index (κ2) is 6.39. The predicted molar refractivity (Wildman–Crippen MR) is 74.7 cm³/mol. The summed E-state index contributed by atoms with van der Waals surface area (Å²) in [6.07, 6.45) is 6.59. The van der Waals surface area contributed by atoms with E-state index in [1.807, 2.05) is 6.07 Å². The van der Waals surface area contributed by atoms with Crippen molar-refractivity contribution >= 4 is 0 Å². The molecule has 3 nitrogen and oxygen atoms in total. The number of nitrogens with one attached hydrogen (secondary N) is 2. The molecule has 0 saturated carbocycles. The van der Waals surface area contributed by atoms with Gasteiger partial charge in [-0.1, -0.05) is 6.92 Å². The average Bonchev–Trinajstić information content (AvgIpc) is 2.90. The SMILES string of the molecule is CCC1(CNC(C)Cc2ccco2)CCNCC1. The Bertz CT molecular complexity index is 328. The minimum atomic E-state index is 0.481. The van der Waals surface area contributed by atoms with Crippen LogP contribution in [0.2, 0.25) is 0 Å². The Morgan fingerprint density at radius 2 is 2.22 bits per heavy atom. The molecular weight excluding hydrogens is 224 g/mol. The van der Waals surface area contributed by atoms with E-state index >= 15 is 0 Å². The van der Waals surface area contributed by atoms with Crippen LogP contribution in [0, 0.1) is 5.41 Å². The molecule has 102 valence electrons. The van der Waals surface area contributed by atoms with E-state index in [4.69, 9.17) is 4.42 Å². The Kier molecular flexibility index (Phi) is 4.84. The van der Waals surface area contributed by atoms with Gasteiger partial charge in [-0.15, -0.1) is 0 Å². The number of rotatable bonds is 6. The highest BCUT2D eigenvalue weighted by Gasteiger charge is 2.30. The summed E-state index contributed by atoms with van der Waals surface area (Å²) in [5, 5.41) is 7.15. The molecule has 2 N–H and O–H groups in total. The van der Waals surface area contributed by atoms with E-state index in [9.17, 15) is 0 Å². The third-order valence-corrected chi connectivity index (χ3v) is 4.33. The Balaban J connectivity index is 1.78. The van der Waals surface area contributed by atoms with Gasteiger partial charge in [-0.05, 0) is 56.8 Å². The Morgan fingerprint density at radius 1 is 1.44 bits per heavy atom. The zero-order chi connectivity index (χ0) is 12.8. The molecule has 0 bridgehead atoms. The van der Waals surface area contributed by atoms with Gasteiger partial charge < -0.3 is 15.1 Å². The highest BCUT2D eigenvalue weighted by Crippen LogP contribution is 2.31. The van der Waals surface area contributed by atoms with E-state index in [0.717, 1.165) is 18.7 Å². The van der Waals surface area contributed by atoms with Crippen LogP contribution in [0.5, 0.6) is 0 Å². The first-order chi connectivity index (χ1) is 8.74. The first-order valence-electron chi connectivity index (χ1n) is 7.20. The summed E-state index contributed by atoms with van der Waals surface area (Å²) < 4.78 is 5.40. The first kappa shape index (κ1) is 13.6. The van der Waals surface area contributed by atoms with Gasteiger partial charge in [-0.3, -0.25) is 0 Å². The maximum atomic E-state index is 5.40. The van der Waals surface area contributed by atoms with E-state index in [-0.39, 0.29) is 0 Å². The molecule has 1 saturated heterocycles. The van der Waals surface area contributed by atoms with Gasteiger partial charge in [0.1, 0.15) is 5.76 Å². The molecular formula is C15H26N2O. The highest BCUT2D eigenvalue weighted by molar-refractivity contribution is 5.00. The maximum absolute atomic E-state index is 5.40. The quantitative estimate of drug-likeness (QED) is 0.815. The average molecular weight is 250 g/mol. The van der Waals surface area contributed by atoms with Crippen LogP contribution in [0.1, 0.15) is 38.9 Å². The normalized spacial score (nSPS) is 20.8. The maximum Gasteiger partial charge on any atom is 0.105 e. The summed E-state index contributed by atoms with van der Waals surface area (Å²) in [6, 6.07) is 4.50. The van der Waals surface area contributed by atoms with Crippen molar-refractivity contribution < 1.29 is 4.42 Å². The molecule has 1 aromatic heterocycles. The summed E-state index contributed by atoms with van der Waals surface area (Å²) >= 11 is 0. The van der Waals surface area contributed by atoms with Crippen molar-refractivity contribution in [1.29, 1.82) is 0 Å². The van der Waals surface area contributed by atoms with Gasteiger partial charge in [0, 0.05) is 19.0 Å². The zero-order valence-electron chi connectivity index (χ0n) is 11.7. The van der Waals surface area contributed by atoms with E-state index < -0.39 is 0 Å². The fourth-order valence-electron chi connectivity index (χ4n) is 2.81. The van der Waals surface area contributed by atoms with E-state index in [1.54, 1.807) is 6.26 Å². The van der Waals surface area contributed by atoms with Gasteiger partial charge in [-0.25, -0.2) is 0 Å². The Hall–Kier alpha value is -0.800. The summed E-state index contributed by atoms with van der Waals surface area (Å²) in [5.41, 5.74) is 0.503. The second-order valence-electron chi connectivity index (χ2n) is 5.67. The lowest BCUT2D eigenvalue weighted by Crippen LogP contribution is -2.45. The molecule has 1 fully saturated rings. The van der Waals surface area contributed by atoms with Crippen LogP contribution in [-0.4, -0.2) is 25.7 Å². The molecule has 1 atom stereocenters. The molecule has 1 aliphatic rings. The van der Waals surface area contributed by atoms with Crippen molar-refractivity contribution in [3.63, 3.8) is 0 Å². The van der Waals surface area contributed by atoms with Crippen LogP contribution in [0.3, 0.4) is 0 Å². The smallest absolute Gasteiger partial charge is 0.105 e. The van der Waals surface area contributed by atoms with E-state index in [2.05, 4.69) is 30.5 Å². The molecule has 0 amide bonds. The zero-order valence-corrected chi connectivity index (χ0v) is 11.7. The van der Waals surface area contributed by atoms with Crippen molar-refractivity contribution in [2.24, 2.45) is 5.41 Å². The van der Waals surface area contributed by atoms with Gasteiger partial charge >= 0.3 is 0 Å². The number of hydrogen-bond donors (Lipinski definition) is 2. The number of furan rings is 1. The molecule has 0 aromatic carbocycles. The summed E-state index contributed by atoms with van der Waals surface area (Å²) in [6.45, 7) is 8.04. The van der Waals surface area contributed by atoms with Crippen LogP contribution >= 0.6 is 0 Å². The first-order valence-corrected chi connectivity index (χ1v) is 7.20. The van der Waals surface area contributed by atoms with Crippen LogP contribution < -0.4 is 10.6 Å². The third kappa shape index (κ3) is 3.59. The van der Waals surface area contributed by atoms with Crippen LogP contribution in [-0.2, 0) is 6.42 Å². The van der Waals surface area contributed by atoms with Gasteiger partial charge in [-0.2, -0.15) is 0 Å². The van der Waals surface area contributed by atoms with Crippen LogP contribution in [0.4, 0.5) is 0 Å². The summed E-state index contributed by atoms with van der Waals surface area (Å²) in [7, 11) is 0. The molecule has 2 rings (SSSR count). The second-order valence-corrected chi connectivity index (χ2v) is 5.67. The highest BCUT2D eigenvalue weighted by atomic mass is 16.3. The predicted octanol–water partition coefficient (Wildman–Crippen LogP) is 2.58. The molecule has 0 aliphatic carbocycles. The standard InChI is InChI=1S/C15H26N2O/c1-3-15(6-8-16-9-7-15)12-17-13(2)11-14-5-4-10-18-14/h4-5,10,13,16-17H,3,6-9,11-12H2,1-2H3. The van der Waals surface area contributed by atoms with E-state index in [0.29, 0.717) is 11.5 Å². The van der Waals surface area contributed by atoms with Crippen molar-refractivity contribution in [2.75, 3.05) is 19.6 Å². The lowest BCUT2D eigenvalue weighted by molar-refractivity contribution is 0.179. The molecule has 0 radical (unpaired) electrons. The Labute approximate surface area is 110 Å². The molecule has 1 aliphatic heterocycles. The fraction of sp³-hybridized carbons (Fsp3) is 0.733. The number of hydrogen-bond acceptors (Lipinski definition) is 3. The van der Waals surface area contributed by atoms with Crippen molar-refractivity contribution in [2.45, 2.75) is 45.6 Å². The summed E-state index contributed by atoms with van der Waals surface area (Å²) in [4.78, 5) is 0. The molecule has 0 spiro atoms. The lowest BCUT2D eigenvalue weighted by Gasteiger charge is -2.38. The third-order valence-electron chi connectivity index (χ3n) is 4.33. The topological polar surface area (TPSA) is 37.2 Å². The molecule has 1 unspecified atom stereocenters. The van der Waals surface area contributed by atoms with Gasteiger partial charge in [0.05, 0.1) is 6.26 Å². The minimum absolute atomic E-state index is 0.481. The van der Waals surface area contributed by atoms with Crippen molar-refractivity contribution in [1.82, 2.24) is 10.6 Å². The van der Waals surface area contributed by atoms with Crippen LogP contribution in [0.25, 0.3) is 0 Å². The number of piperidine rings is 1. The van der Waals surface area contributed by atoms with Gasteiger partial charge in [0.15, 0.2) is 0 Å². The molecule has 2 heterocycles. The Morgan fingerprint density at radius 3 is 2.83 bits per heavy atom. The van der Waals surface area contributed by atoms with Crippen molar-refractivity contribution in [3.8, 4) is 0 Å². The summed E-state index contributed by atoms with van der Waals surface area (Å²) in [5.74, 6) is 1.07. The molecule has 1 aromatic rings.